The van der Waals surface area contributed by atoms with Gasteiger partial charge >= 0.3 is 0 Å². The topological polar surface area (TPSA) is 52.7 Å². The number of amides is 2. The highest BCUT2D eigenvalue weighted by molar-refractivity contribution is 9.10. The van der Waals surface area contributed by atoms with E-state index in [4.69, 9.17) is 0 Å². The maximum atomic E-state index is 12.9. The van der Waals surface area contributed by atoms with Crippen molar-refractivity contribution in [1.82, 2.24) is 15.1 Å². The van der Waals surface area contributed by atoms with Gasteiger partial charge in [-0.3, -0.25) is 14.5 Å². The summed E-state index contributed by atoms with van der Waals surface area (Å²) in [7, 11) is 0. The molecule has 0 aromatic heterocycles. The Kier molecular flexibility index (Phi) is 7.83. The van der Waals surface area contributed by atoms with E-state index < -0.39 is 0 Å². The van der Waals surface area contributed by atoms with Gasteiger partial charge in [-0.1, -0.05) is 42.5 Å². The number of aryl methyl sites for hydroxylation is 1. The van der Waals surface area contributed by atoms with E-state index in [9.17, 15) is 9.59 Å². The summed E-state index contributed by atoms with van der Waals surface area (Å²) >= 11 is 3.54. The molecule has 2 amide bonds. The lowest BCUT2D eigenvalue weighted by atomic mass is 10.1. The number of rotatable bonds is 6. The maximum Gasteiger partial charge on any atom is 0.255 e. The van der Waals surface area contributed by atoms with Crippen molar-refractivity contribution >= 4 is 27.7 Å². The molecule has 0 aliphatic carbocycles. The van der Waals surface area contributed by atoms with Gasteiger partial charge in [0.1, 0.15) is 0 Å². The highest BCUT2D eigenvalue weighted by Gasteiger charge is 2.23. The summed E-state index contributed by atoms with van der Waals surface area (Å²) < 4.78 is 0.865. The van der Waals surface area contributed by atoms with Crippen molar-refractivity contribution in [1.29, 1.82) is 0 Å². The molecule has 29 heavy (non-hydrogen) atoms. The average Bonchev–Trinajstić information content (AvgIpc) is 2.96. The molecule has 5 nitrogen and oxygen atoms in total. The van der Waals surface area contributed by atoms with Crippen molar-refractivity contribution in [3.63, 3.8) is 0 Å². The second-order valence-corrected chi connectivity index (χ2v) is 8.24. The van der Waals surface area contributed by atoms with E-state index in [1.807, 2.05) is 48.2 Å². The summed E-state index contributed by atoms with van der Waals surface area (Å²) in [6, 6.07) is 15.9. The van der Waals surface area contributed by atoms with E-state index in [2.05, 4.69) is 38.3 Å². The van der Waals surface area contributed by atoms with Gasteiger partial charge in [-0.05, 0) is 52.9 Å². The van der Waals surface area contributed by atoms with E-state index in [1.54, 1.807) is 0 Å². The van der Waals surface area contributed by atoms with E-state index in [1.165, 1.54) is 5.56 Å². The minimum atomic E-state index is 0.0436. The first-order valence-electron chi connectivity index (χ1n) is 10.1. The van der Waals surface area contributed by atoms with Gasteiger partial charge in [-0.2, -0.15) is 0 Å². The van der Waals surface area contributed by atoms with Crippen molar-refractivity contribution < 1.29 is 9.59 Å². The van der Waals surface area contributed by atoms with Crippen molar-refractivity contribution in [2.75, 3.05) is 39.3 Å². The predicted molar refractivity (Wildman–Crippen MR) is 119 cm³/mol. The molecule has 1 aliphatic rings. The quantitative estimate of drug-likeness (QED) is 0.723. The Balaban J connectivity index is 1.46. The minimum Gasteiger partial charge on any atom is -0.355 e. The fourth-order valence-electron chi connectivity index (χ4n) is 3.56. The first-order valence-corrected chi connectivity index (χ1v) is 10.9. The van der Waals surface area contributed by atoms with Crippen molar-refractivity contribution in [3.8, 4) is 0 Å². The van der Waals surface area contributed by atoms with Crippen LogP contribution < -0.4 is 5.32 Å². The van der Waals surface area contributed by atoms with Crippen LogP contribution >= 0.6 is 15.9 Å². The van der Waals surface area contributed by atoms with Crippen molar-refractivity contribution in [3.05, 3.63) is 69.7 Å². The zero-order valence-electron chi connectivity index (χ0n) is 16.9. The van der Waals surface area contributed by atoms with Gasteiger partial charge in [-0.25, -0.2) is 0 Å². The smallest absolute Gasteiger partial charge is 0.255 e. The molecular weight excluding hydrogens is 430 g/mol. The van der Waals surface area contributed by atoms with Gasteiger partial charge in [0, 0.05) is 37.2 Å². The van der Waals surface area contributed by atoms with E-state index >= 15 is 0 Å². The zero-order chi connectivity index (χ0) is 20.6. The third kappa shape index (κ3) is 6.15. The Morgan fingerprint density at radius 2 is 1.79 bits per heavy atom. The van der Waals surface area contributed by atoms with Crippen LogP contribution in [0.5, 0.6) is 0 Å². The molecule has 2 aromatic rings. The van der Waals surface area contributed by atoms with Crippen LogP contribution in [0.3, 0.4) is 0 Å². The SMILES string of the molecule is Cc1cccc(C(=O)N2CCCN(CC(=O)NCCc3ccccc3)CC2)c1Br. The Morgan fingerprint density at radius 1 is 1.00 bits per heavy atom. The molecule has 6 heteroatoms. The molecular formula is C23H28BrN3O2. The van der Waals surface area contributed by atoms with Crippen LogP contribution in [0, 0.1) is 6.92 Å². The molecule has 1 fully saturated rings. The average molecular weight is 458 g/mol. The number of halogens is 1. The van der Waals surface area contributed by atoms with Gasteiger partial charge < -0.3 is 10.2 Å². The summed E-state index contributed by atoms with van der Waals surface area (Å²) in [6.45, 7) is 5.89. The van der Waals surface area contributed by atoms with Gasteiger partial charge in [0.25, 0.3) is 5.91 Å². The van der Waals surface area contributed by atoms with Crippen LogP contribution in [0.2, 0.25) is 0 Å². The number of carbonyl (C=O) groups excluding carboxylic acids is 2. The Morgan fingerprint density at radius 3 is 2.59 bits per heavy atom. The van der Waals surface area contributed by atoms with Gasteiger partial charge in [0.15, 0.2) is 0 Å². The molecule has 0 radical (unpaired) electrons. The lowest BCUT2D eigenvalue weighted by Crippen LogP contribution is -2.40. The van der Waals surface area contributed by atoms with Crippen LogP contribution in [0.1, 0.15) is 27.9 Å². The van der Waals surface area contributed by atoms with Gasteiger partial charge in [-0.15, -0.1) is 0 Å². The highest BCUT2D eigenvalue weighted by Crippen LogP contribution is 2.23. The number of hydrogen-bond donors (Lipinski definition) is 1. The van der Waals surface area contributed by atoms with Crippen LogP contribution in [-0.4, -0.2) is 60.9 Å². The van der Waals surface area contributed by atoms with Crippen molar-refractivity contribution in [2.45, 2.75) is 19.8 Å². The van der Waals surface area contributed by atoms with Gasteiger partial charge in [0.05, 0.1) is 12.1 Å². The molecule has 154 valence electrons. The number of carbonyl (C=O) groups is 2. The normalized spacial score (nSPS) is 15.0. The molecule has 0 atom stereocenters. The molecule has 0 saturated carbocycles. The van der Waals surface area contributed by atoms with Crippen molar-refractivity contribution in [2.24, 2.45) is 0 Å². The summed E-state index contributed by atoms with van der Waals surface area (Å²) in [4.78, 5) is 29.3. The largest absolute Gasteiger partial charge is 0.355 e. The number of nitrogens with one attached hydrogen (secondary N) is 1. The minimum absolute atomic E-state index is 0.0436. The van der Waals surface area contributed by atoms with Crippen LogP contribution in [-0.2, 0) is 11.2 Å². The third-order valence-electron chi connectivity index (χ3n) is 5.24. The molecule has 3 rings (SSSR count). The van der Waals surface area contributed by atoms with Gasteiger partial charge in [0.2, 0.25) is 5.91 Å². The van der Waals surface area contributed by atoms with Crippen LogP contribution in [0.15, 0.2) is 53.0 Å². The number of benzene rings is 2. The molecule has 2 aromatic carbocycles. The van der Waals surface area contributed by atoms with Crippen LogP contribution in [0.4, 0.5) is 0 Å². The van der Waals surface area contributed by atoms with E-state index in [0.29, 0.717) is 38.3 Å². The molecule has 1 aliphatic heterocycles. The third-order valence-corrected chi connectivity index (χ3v) is 6.30. The summed E-state index contributed by atoms with van der Waals surface area (Å²) in [6.07, 6.45) is 1.70. The van der Waals surface area contributed by atoms with E-state index in [-0.39, 0.29) is 11.8 Å². The fourth-order valence-corrected chi connectivity index (χ4v) is 4.00. The standard InChI is InChI=1S/C23H28BrN3O2/c1-18-7-5-10-20(22(18)24)23(29)27-14-6-13-26(15-16-27)17-21(28)25-12-11-19-8-3-2-4-9-19/h2-5,7-10H,6,11-17H2,1H3,(H,25,28). The molecule has 1 N–H and O–H groups in total. The Bertz CT molecular complexity index is 841. The molecule has 0 unspecified atom stereocenters. The summed E-state index contributed by atoms with van der Waals surface area (Å²) in [5, 5.41) is 3.01. The zero-order valence-corrected chi connectivity index (χ0v) is 18.5. The Labute approximate surface area is 181 Å². The lowest BCUT2D eigenvalue weighted by Gasteiger charge is -2.22. The summed E-state index contributed by atoms with van der Waals surface area (Å²) in [5.41, 5.74) is 2.98. The molecule has 0 spiro atoms. The van der Waals surface area contributed by atoms with E-state index in [0.717, 1.165) is 29.4 Å². The first-order chi connectivity index (χ1) is 14.0. The highest BCUT2D eigenvalue weighted by atomic mass is 79.9. The predicted octanol–water partition coefficient (Wildman–Crippen LogP) is 3.26. The second kappa shape index (κ2) is 10.6. The first kappa shape index (κ1) is 21.5. The maximum absolute atomic E-state index is 12.9. The number of nitrogens with zero attached hydrogens (tertiary/aromatic N) is 2. The molecule has 1 heterocycles. The summed E-state index contributed by atoms with van der Waals surface area (Å²) in [5.74, 6) is 0.0943. The van der Waals surface area contributed by atoms with Crippen LogP contribution in [0.25, 0.3) is 0 Å². The lowest BCUT2D eigenvalue weighted by molar-refractivity contribution is -0.122. The fraction of sp³-hybridized carbons (Fsp3) is 0.391. The number of hydrogen-bond acceptors (Lipinski definition) is 3. The second-order valence-electron chi connectivity index (χ2n) is 7.44. The molecule has 1 saturated heterocycles. The Hall–Kier alpha value is -2.18. The molecule has 0 bridgehead atoms. The monoisotopic (exact) mass is 457 g/mol.